The minimum atomic E-state index is -4.47. The predicted octanol–water partition coefficient (Wildman–Crippen LogP) is 4.77. The number of benzene rings is 2. The van der Waals surface area contributed by atoms with Crippen LogP contribution in [0.5, 0.6) is 0 Å². The molecule has 2 aromatic carbocycles. The number of halogens is 3. The lowest BCUT2D eigenvalue weighted by Gasteiger charge is -2.30. The molecule has 1 aliphatic carbocycles. The largest absolute Gasteiger partial charge is 0.416 e. The molecule has 6 nitrogen and oxygen atoms in total. The van der Waals surface area contributed by atoms with Gasteiger partial charge in [0.1, 0.15) is 0 Å². The molecule has 0 radical (unpaired) electrons. The highest BCUT2D eigenvalue weighted by molar-refractivity contribution is 5.98. The first-order chi connectivity index (χ1) is 21.1. The first-order valence-corrected chi connectivity index (χ1v) is 16.0. The van der Waals surface area contributed by atoms with Gasteiger partial charge in [0, 0.05) is 67.2 Å². The highest BCUT2D eigenvalue weighted by atomic mass is 19.4. The minimum absolute atomic E-state index is 0.0592. The first-order valence-electron chi connectivity index (χ1n) is 16.0. The van der Waals surface area contributed by atoms with Gasteiger partial charge in [0.25, 0.3) is 5.91 Å². The Hall–Kier alpha value is -3.17. The normalized spacial score (nSPS) is 23.0. The Kier molecular flexibility index (Phi) is 10.5. The average Bonchev–Trinajstić information content (AvgIpc) is 3.34. The molecule has 3 atom stereocenters. The van der Waals surface area contributed by atoms with Gasteiger partial charge in [-0.05, 0) is 80.9 Å². The third-order valence-electron chi connectivity index (χ3n) is 9.55. The van der Waals surface area contributed by atoms with Crippen molar-refractivity contribution >= 4 is 24.0 Å². The fourth-order valence-corrected chi connectivity index (χ4v) is 6.76. The van der Waals surface area contributed by atoms with Gasteiger partial charge in [0.05, 0.1) is 18.8 Å². The Morgan fingerprint density at radius 3 is 2.61 bits per heavy atom. The van der Waals surface area contributed by atoms with Crippen molar-refractivity contribution in [2.45, 2.75) is 64.6 Å². The van der Waals surface area contributed by atoms with Crippen LogP contribution in [-0.2, 0) is 10.9 Å². The van der Waals surface area contributed by atoms with Crippen LogP contribution in [0.15, 0.2) is 36.4 Å². The van der Waals surface area contributed by atoms with E-state index < -0.39 is 11.7 Å². The SMILES string of the molecule is Cc1c(C(=O)NCCN2CCOCC2)ccc2c1=CN(CC1CCCC(C(=O)c3cccc(C(F)(F)F)c3)CC1)C(C)CC=2. The maximum atomic E-state index is 13.2. The number of ether oxygens (including phenoxy) is 1. The highest BCUT2D eigenvalue weighted by Crippen LogP contribution is 2.33. The number of nitrogens with one attached hydrogen (secondary N) is 1. The van der Waals surface area contributed by atoms with Crippen LogP contribution in [0.4, 0.5) is 13.2 Å². The van der Waals surface area contributed by atoms with Gasteiger partial charge in [-0.25, -0.2) is 0 Å². The van der Waals surface area contributed by atoms with Gasteiger partial charge in [-0.2, -0.15) is 13.2 Å². The number of carbonyl (C=O) groups excluding carboxylic acids is 2. The molecule has 2 heterocycles. The van der Waals surface area contributed by atoms with Crippen LogP contribution in [0.3, 0.4) is 0 Å². The third kappa shape index (κ3) is 7.91. The van der Waals surface area contributed by atoms with Crippen LogP contribution in [0.25, 0.3) is 12.3 Å². The van der Waals surface area contributed by atoms with Gasteiger partial charge >= 0.3 is 6.18 Å². The van der Waals surface area contributed by atoms with E-state index in [2.05, 4.69) is 34.3 Å². The van der Waals surface area contributed by atoms with Crippen molar-refractivity contribution in [3.63, 3.8) is 0 Å². The van der Waals surface area contributed by atoms with Gasteiger partial charge in [0.2, 0.25) is 0 Å². The number of fused-ring (bicyclic) bond motifs is 1. The molecular formula is C35H44F3N3O3. The van der Waals surface area contributed by atoms with E-state index in [1.54, 1.807) is 0 Å². The molecule has 1 amide bonds. The van der Waals surface area contributed by atoms with Gasteiger partial charge in [-0.1, -0.05) is 30.7 Å². The predicted molar refractivity (Wildman–Crippen MR) is 166 cm³/mol. The lowest BCUT2D eigenvalue weighted by molar-refractivity contribution is -0.137. The molecule has 44 heavy (non-hydrogen) atoms. The van der Waals surface area contributed by atoms with E-state index in [-0.39, 0.29) is 29.2 Å². The highest BCUT2D eigenvalue weighted by Gasteiger charge is 2.32. The van der Waals surface area contributed by atoms with Crippen LogP contribution in [0.1, 0.15) is 77.3 Å². The van der Waals surface area contributed by atoms with E-state index in [4.69, 9.17) is 4.74 Å². The van der Waals surface area contributed by atoms with E-state index in [0.717, 1.165) is 93.2 Å². The summed E-state index contributed by atoms with van der Waals surface area (Å²) < 4.78 is 45.1. The van der Waals surface area contributed by atoms with Crippen LogP contribution in [0, 0.1) is 18.8 Å². The number of Topliss-reactive ketones (excluding diaryl/α,β-unsaturated/α-hetero) is 1. The molecule has 238 valence electrons. The molecule has 1 saturated heterocycles. The molecule has 3 aliphatic rings. The molecular weight excluding hydrogens is 567 g/mol. The van der Waals surface area contributed by atoms with Gasteiger partial charge in [-0.15, -0.1) is 0 Å². The van der Waals surface area contributed by atoms with Crippen LogP contribution in [-0.4, -0.2) is 73.5 Å². The van der Waals surface area contributed by atoms with Crippen molar-refractivity contribution in [1.29, 1.82) is 0 Å². The maximum Gasteiger partial charge on any atom is 0.416 e. The van der Waals surface area contributed by atoms with Crippen molar-refractivity contribution in [2.75, 3.05) is 45.9 Å². The monoisotopic (exact) mass is 611 g/mol. The number of ketones is 1. The van der Waals surface area contributed by atoms with Gasteiger partial charge in [-0.3, -0.25) is 14.5 Å². The second kappa shape index (κ2) is 14.3. The Bertz CT molecular complexity index is 1450. The number of morpholine rings is 1. The van der Waals surface area contributed by atoms with Crippen molar-refractivity contribution < 1.29 is 27.5 Å². The number of alkyl halides is 3. The topological polar surface area (TPSA) is 61.9 Å². The zero-order valence-electron chi connectivity index (χ0n) is 25.8. The van der Waals surface area contributed by atoms with E-state index >= 15 is 0 Å². The number of nitrogens with zero attached hydrogens (tertiary/aromatic N) is 2. The number of rotatable bonds is 8. The molecule has 1 N–H and O–H groups in total. The molecule has 2 fully saturated rings. The fraction of sp³-hybridized carbons (Fsp3) is 0.543. The molecule has 9 heteroatoms. The lowest BCUT2D eigenvalue weighted by atomic mass is 9.90. The average molecular weight is 612 g/mol. The van der Waals surface area contributed by atoms with E-state index in [9.17, 15) is 22.8 Å². The van der Waals surface area contributed by atoms with Crippen molar-refractivity contribution in [3.05, 3.63) is 69.1 Å². The third-order valence-corrected chi connectivity index (χ3v) is 9.55. The molecule has 0 aromatic heterocycles. The van der Waals surface area contributed by atoms with E-state index in [1.165, 1.54) is 12.1 Å². The van der Waals surface area contributed by atoms with Crippen LogP contribution >= 0.6 is 0 Å². The molecule has 5 rings (SSSR count). The summed E-state index contributed by atoms with van der Waals surface area (Å²) in [4.78, 5) is 31.0. The molecule has 1 saturated carbocycles. The second-order valence-corrected chi connectivity index (χ2v) is 12.6. The summed E-state index contributed by atoms with van der Waals surface area (Å²) in [5.74, 6) is -0.117. The Morgan fingerprint density at radius 1 is 1.05 bits per heavy atom. The molecule has 0 bridgehead atoms. The van der Waals surface area contributed by atoms with Gasteiger partial charge < -0.3 is 15.0 Å². The summed E-state index contributed by atoms with van der Waals surface area (Å²) in [6.45, 7) is 9.71. The number of hydrogen-bond donors (Lipinski definition) is 1. The molecule has 2 aromatic rings. The summed E-state index contributed by atoms with van der Waals surface area (Å²) in [5.41, 5.74) is 1.03. The number of amides is 1. The zero-order chi connectivity index (χ0) is 31.3. The summed E-state index contributed by atoms with van der Waals surface area (Å²) in [6.07, 6.45) is 4.96. The van der Waals surface area contributed by atoms with E-state index in [0.29, 0.717) is 30.9 Å². The molecule has 0 spiro atoms. The smallest absolute Gasteiger partial charge is 0.379 e. The second-order valence-electron chi connectivity index (χ2n) is 12.6. The maximum absolute atomic E-state index is 13.2. The van der Waals surface area contributed by atoms with Crippen molar-refractivity contribution in [3.8, 4) is 0 Å². The first kappa shape index (κ1) is 32.2. The summed E-state index contributed by atoms with van der Waals surface area (Å²) in [7, 11) is 0. The Morgan fingerprint density at radius 2 is 1.84 bits per heavy atom. The quantitative estimate of drug-likeness (QED) is 0.345. The minimum Gasteiger partial charge on any atom is -0.379 e. The summed E-state index contributed by atoms with van der Waals surface area (Å²) >= 11 is 0. The lowest BCUT2D eigenvalue weighted by Crippen LogP contribution is -2.42. The van der Waals surface area contributed by atoms with Crippen LogP contribution in [0.2, 0.25) is 0 Å². The molecule has 2 aliphatic heterocycles. The number of hydrogen-bond acceptors (Lipinski definition) is 5. The molecule has 3 unspecified atom stereocenters. The van der Waals surface area contributed by atoms with Crippen molar-refractivity contribution in [1.82, 2.24) is 15.1 Å². The zero-order valence-corrected chi connectivity index (χ0v) is 25.8. The Labute approximate surface area is 257 Å². The number of carbonyl (C=O) groups is 2. The van der Waals surface area contributed by atoms with Gasteiger partial charge in [0.15, 0.2) is 5.78 Å². The van der Waals surface area contributed by atoms with Crippen molar-refractivity contribution in [2.24, 2.45) is 11.8 Å². The summed E-state index contributed by atoms with van der Waals surface area (Å²) in [6, 6.07) is 9.08. The standard InChI is InChI=1S/C35H44F3N3O3/c1-24-9-11-27-13-14-31(34(43)39-15-16-40-17-19-44-20-18-40)25(2)32(27)23-41(24)22-26-5-3-6-28(12-10-26)33(42)29-7-4-8-30(21-29)35(36,37)38/h4,7-8,11,13-14,21,23-24,26,28H,3,5-6,9-10,12,15-20,22H2,1-2H3,(H,39,43). The Balaban J connectivity index is 1.24. The summed E-state index contributed by atoms with van der Waals surface area (Å²) in [5, 5.41) is 5.30. The van der Waals surface area contributed by atoms with Crippen LogP contribution < -0.4 is 15.8 Å². The van der Waals surface area contributed by atoms with E-state index in [1.807, 2.05) is 19.1 Å². The fourth-order valence-electron chi connectivity index (χ4n) is 6.76.